The summed E-state index contributed by atoms with van der Waals surface area (Å²) in [7, 11) is 1.56. The number of carboxylic acids is 1. The molecule has 0 radical (unpaired) electrons. The molecule has 2 bridgehead atoms. The number of hydrogen-bond acceptors (Lipinski definition) is 6. The van der Waals surface area contributed by atoms with Crippen LogP contribution in [0.1, 0.15) is 18.0 Å². The SMILES string of the molecule is C=CCN(C(=O)C1N([C@H](CO)c2ccccc2)C(=O)[C@@H]2[C@H](C(=O)O)[C@H]3SC12CC3Br)c1ccc(OC)cc1. The lowest BCUT2D eigenvalue weighted by molar-refractivity contribution is -0.149. The van der Waals surface area contributed by atoms with Gasteiger partial charge in [-0.05, 0) is 36.2 Å². The standard InChI is InChI=1S/C28H29BrN2O6S/c1-3-13-30(17-9-11-18(37-2)12-10-17)26(34)24-28-14-19(29)23(38-28)21(27(35)36)22(28)25(33)31(24)20(15-32)16-7-5-4-6-8-16/h3-12,19-24,32H,1,13-15H2,2H3,(H,35,36)/t19?,20-,21+,22+,23+,24?,28?/m1/s1. The molecular formula is C28H29BrN2O6S. The number of carboxylic acid groups (broad SMARTS) is 1. The summed E-state index contributed by atoms with van der Waals surface area (Å²) >= 11 is 5.09. The second-order valence-electron chi connectivity index (χ2n) is 9.79. The Morgan fingerprint density at radius 1 is 1.26 bits per heavy atom. The quantitative estimate of drug-likeness (QED) is 0.335. The van der Waals surface area contributed by atoms with Gasteiger partial charge in [-0.25, -0.2) is 0 Å². The van der Waals surface area contributed by atoms with Crippen LogP contribution in [0.25, 0.3) is 0 Å². The number of methoxy groups -OCH3 is 1. The molecule has 2 amide bonds. The average Bonchev–Trinajstić information content (AvgIpc) is 3.52. The van der Waals surface area contributed by atoms with Crippen molar-refractivity contribution in [2.24, 2.45) is 11.8 Å². The molecule has 5 rings (SSSR count). The second kappa shape index (κ2) is 10.4. The fourth-order valence-corrected chi connectivity index (χ4v) is 9.94. The van der Waals surface area contributed by atoms with Gasteiger partial charge in [0.2, 0.25) is 5.91 Å². The molecule has 1 spiro atoms. The summed E-state index contributed by atoms with van der Waals surface area (Å²) in [6.45, 7) is 3.61. The van der Waals surface area contributed by atoms with Crippen LogP contribution in [0.5, 0.6) is 5.75 Å². The minimum Gasteiger partial charge on any atom is -0.497 e. The predicted molar refractivity (Wildman–Crippen MR) is 149 cm³/mol. The Labute approximate surface area is 233 Å². The van der Waals surface area contributed by atoms with Crippen molar-refractivity contribution in [1.82, 2.24) is 4.90 Å². The van der Waals surface area contributed by atoms with Crippen LogP contribution in [0.15, 0.2) is 67.3 Å². The summed E-state index contributed by atoms with van der Waals surface area (Å²) in [5, 5.41) is 20.4. The Bertz CT molecular complexity index is 1240. The maximum Gasteiger partial charge on any atom is 0.308 e. The van der Waals surface area contributed by atoms with Crippen LogP contribution in [0.3, 0.4) is 0 Å². The molecule has 7 atom stereocenters. The first-order chi connectivity index (χ1) is 18.3. The van der Waals surface area contributed by atoms with Crippen molar-refractivity contribution in [3.63, 3.8) is 0 Å². The van der Waals surface area contributed by atoms with Crippen LogP contribution in [0.2, 0.25) is 0 Å². The zero-order chi connectivity index (χ0) is 27.2. The fraction of sp³-hybridized carbons (Fsp3) is 0.393. The van der Waals surface area contributed by atoms with Crippen molar-refractivity contribution in [3.05, 3.63) is 72.8 Å². The van der Waals surface area contributed by atoms with Gasteiger partial charge in [-0.3, -0.25) is 14.4 Å². The van der Waals surface area contributed by atoms with Gasteiger partial charge >= 0.3 is 5.97 Å². The molecule has 0 aliphatic carbocycles. The van der Waals surface area contributed by atoms with Gasteiger partial charge in [-0.15, -0.1) is 18.3 Å². The first kappa shape index (κ1) is 26.8. The van der Waals surface area contributed by atoms with Gasteiger partial charge < -0.3 is 24.7 Å². The molecule has 2 aromatic carbocycles. The zero-order valence-corrected chi connectivity index (χ0v) is 23.2. The molecule has 3 saturated heterocycles. The largest absolute Gasteiger partial charge is 0.497 e. The van der Waals surface area contributed by atoms with Crippen molar-refractivity contribution >= 4 is 51.2 Å². The van der Waals surface area contributed by atoms with E-state index in [1.54, 1.807) is 54.5 Å². The number of carbonyl (C=O) groups is 3. The van der Waals surface area contributed by atoms with Crippen LogP contribution < -0.4 is 9.64 Å². The smallest absolute Gasteiger partial charge is 0.308 e. The molecule has 10 heteroatoms. The molecule has 3 heterocycles. The van der Waals surface area contributed by atoms with Gasteiger partial charge in [-0.2, -0.15) is 0 Å². The molecule has 2 aromatic rings. The molecular weight excluding hydrogens is 572 g/mol. The Morgan fingerprint density at radius 3 is 2.53 bits per heavy atom. The number of amides is 2. The average molecular weight is 602 g/mol. The zero-order valence-electron chi connectivity index (χ0n) is 20.8. The highest BCUT2D eigenvalue weighted by molar-refractivity contribution is 9.09. The summed E-state index contributed by atoms with van der Waals surface area (Å²) in [4.78, 5) is 44.1. The first-order valence-electron chi connectivity index (χ1n) is 12.4. The minimum absolute atomic E-state index is 0.161. The highest BCUT2D eigenvalue weighted by Gasteiger charge is 2.76. The normalized spacial score (nSPS) is 30.1. The lowest BCUT2D eigenvalue weighted by Crippen LogP contribution is -2.56. The number of benzene rings is 2. The molecule has 38 heavy (non-hydrogen) atoms. The number of anilines is 1. The highest BCUT2D eigenvalue weighted by atomic mass is 79.9. The van der Waals surface area contributed by atoms with Crippen molar-refractivity contribution in [2.45, 2.75) is 33.3 Å². The summed E-state index contributed by atoms with van der Waals surface area (Å²) in [6, 6.07) is 14.3. The highest BCUT2D eigenvalue weighted by Crippen LogP contribution is 2.68. The predicted octanol–water partition coefficient (Wildman–Crippen LogP) is 3.50. The molecule has 8 nitrogen and oxygen atoms in total. The van der Waals surface area contributed by atoms with Crippen LogP contribution in [0.4, 0.5) is 5.69 Å². The number of likely N-dealkylation sites (tertiary alicyclic amines) is 1. The monoisotopic (exact) mass is 600 g/mol. The van der Waals surface area contributed by atoms with Crippen LogP contribution >= 0.6 is 27.7 Å². The van der Waals surface area contributed by atoms with Crippen LogP contribution in [0, 0.1) is 11.8 Å². The van der Waals surface area contributed by atoms with E-state index in [2.05, 4.69) is 22.5 Å². The Balaban J connectivity index is 1.65. The molecule has 0 aromatic heterocycles. The maximum absolute atomic E-state index is 14.6. The third kappa shape index (κ3) is 4.04. The van der Waals surface area contributed by atoms with E-state index in [4.69, 9.17) is 4.74 Å². The number of rotatable bonds is 9. The van der Waals surface area contributed by atoms with Crippen LogP contribution in [-0.2, 0) is 14.4 Å². The Kier molecular flexibility index (Phi) is 7.32. The van der Waals surface area contributed by atoms with Gasteiger partial charge in [-0.1, -0.05) is 52.3 Å². The number of halogens is 1. The topological polar surface area (TPSA) is 107 Å². The van der Waals surface area contributed by atoms with Crippen LogP contribution in [-0.4, -0.2) is 74.0 Å². The lowest BCUT2D eigenvalue weighted by atomic mass is 9.71. The fourth-order valence-electron chi connectivity index (χ4n) is 6.36. The van der Waals surface area contributed by atoms with Gasteiger partial charge in [0.15, 0.2) is 0 Å². The van der Waals surface area contributed by atoms with E-state index in [9.17, 15) is 24.6 Å². The van der Waals surface area contributed by atoms with Gasteiger partial charge in [0.1, 0.15) is 11.8 Å². The number of carbonyl (C=O) groups excluding carboxylic acids is 2. The van der Waals surface area contributed by atoms with Gasteiger partial charge in [0, 0.05) is 22.3 Å². The van der Waals surface area contributed by atoms with Crippen molar-refractivity contribution in [3.8, 4) is 5.75 Å². The number of aliphatic hydroxyl groups is 1. The molecule has 3 fully saturated rings. The molecule has 0 saturated carbocycles. The molecule has 3 aliphatic heterocycles. The summed E-state index contributed by atoms with van der Waals surface area (Å²) in [6.07, 6.45) is 2.08. The van der Waals surface area contributed by atoms with E-state index < -0.39 is 47.1 Å². The van der Waals surface area contributed by atoms with E-state index in [-0.39, 0.29) is 22.5 Å². The van der Waals surface area contributed by atoms with E-state index in [0.29, 0.717) is 23.4 Å². The summed E-state index contributed by atoms with van der Waals surface area (Å²) in [5.41, 5.74) is 1.28. The number of alkyl halides is 1. The first-order valence-corrected chi connectivity index (χ1v) is 14.2. The van der Waals surface area contributed by atoms with Crippen molar-refractivity contribution in [1.29, 1.82) is 0 Å². The maximum atomic E-state index is 14.6. The summed E-state index contributed by atoms with van der Waals surface area (Å²) in [5.74, 6) is -2.96. The van der Waals surface area contributed by atoms with E-state index in [1.807, 2.05) is 18.2 Å². The molecule has 200 valence electrons. The van der Waals surface area contributed by atoms with Crippen molar-refractivity contribution in [2.75, 3.05) is 25.2 Å². The Morgan fingerprint density at radius 2 is 1.95 bits per heavy atom. The number of ether oxygens (including phenoxy) is 1. The van der Waals surface area contributed by atoms with Gasteiger partial charge in [0.05, 0.1) is 36.3 Å². The summed E-state index contributed by atoms with van der Waals surface area (Å²) < 4.78 is 4.31. The van der Waals surface area contributed by atoms with E-state index >= 15 is 0 Å². The molecule has 2 N–H and O–H groups in total. The van der Waals surface area contributed by atoms with Gasteiger partial charge in [0.25, 0.3) is 5.91 Å². The Hall–Kier alpha value is -2.82. The third-order valence-electron chi connectivity index (χ3n) is 7.90. The number of aliphatic carboxylic acids is 1. The lowest BCUT2D eigenvalue weighted by Gasteiger charge is -2.40. The second-order valence-corrected chi connectivity index (χ2v) is 12.5. The number of thioether (sulfide) groups is 1. The van der Waals surface area contributed by atoms with E-state index in [0.717, 1.165) is 0 Å². The van der Waals surface area contributed by atoms with E-state index in [1.165, 1.54) is 16.7 Å². The minimum atomic E-state index is -1.04. The molecule has 3 aliphatic rings. The van der Waals surface area contributed by atoms with Crippen molar-refractivity contribution < 1.29 is 29.3 Å². The number of aliphatic hydroxyl groups excluding tert-OH is 1. The number of fused-ring (bicyclic) bond motifs is 1. The third-order valence-corrected chi connectivity index (χ3v) is 11.1. The molecule has 3 unspecified atom stereocenters. The number of nitrogens with zero attached hydrogens (tertiary/aromatic N) is 2. The number of hydrogen-bond donors (Lipinski definition) is 2.